The Morgan fingerprint density at radius 2 is 1.80 bits per heavy atom. The molecule has 5 heteroatoms. The zero-order chi connectivity index (χ0) is 24.4. The van der Waals surface area contributed by atoms with Crippen LogP contribution in [0.1, 0.15) is 52.4 Å². The van der Waals surface area contributed by atoms with E-state index in [0.717, 1.165) is 23.3 Å². The van der Waals surface area contributed by atoms with Gasteiger partial charge >= 0.3 is 5.97 Å². The van der Waals surface area contributed by atoms with Crippen molar-refractivity contribution in [3.05, 3.63) is 107 Å². The molecule has 3 unspecified atom stereocenters. The summed E-state index contributed by atoms with van der Waals surface area (Å²) in [5, 5.41) is 15.6. The zero-order valence-electron chi connectivity index (χ0n) is 19.9. The Morgan fingerprint density at radius 3 is 2.63 bits per heavy atom. The van der Waals surface area contributed by atoms with E-state index in [1.165, 1.54) is 16.3 Å². The number of aromatic carboxylic acids is 1. The first kappa shape index (κ1) is 22.9. The van der Waals surface area contributed by atoms with Gasteiger partial charge in [-0.05, 0) is 47.9 Å². The Bertz CT molecular complexity index is 1360. The molecule has 178 valence electrons. The van der Waals surface area contributed by atoms with Crippen LogP contribution in [0.5, 0.6) is 11.5 Å². The van der Waals surface area contributed by atoms with E-state index < -0.39 is 5.97 Å². The molecule has 0 radical (unpaired) electrons. The summed E-state index contributed by atoms with van der Waals surface area (Å²) < 4.78 is 12.0. The van der Waals surface area contributed by atoms with E-state index in [4.69, 9.17) is 9.47 Å². The van der Waals surface area contributed by atoms with E-state index in [9.17, 15) is 9.90 Å². The van der Waals surface area contributed by atoms with Gasteiger partial charge in [0.15, 0.2) is 0 Å². The maximum Gasteiger partial charge on any atom is 0.335 e. The Morgan fingerprint density at radius 1 is 1.03 bits per heavy atom. The Hall–Kier alpha value is -3.83. The summed E-state index contributed by atoms with van der Waals surface area (Å²) in [6, 6.07) is 28.2. The number of ether oxygens (including phenoxy) is 2. The van der Waals surface area contributed by atoms with Crippen molar-refractivity contribution in [1.82, 2.24) is 5.32 Å². The van der Waals surface area contributed by atoms with E-state index in [2.05, 4.69) is 60.8 Å². The molecule has 0 saturated heterocycles. The van der Waals surface area contributed by atoms with Crippen molar-refractivity contribution >= 4 is 16.7 Å². The number of carbonyl (C=O) groups is 1. The van der Waals surface area contributed by atoms with Crippen molar-refractivity contribution in [3.63, 3.8) is 0 Å². The molecule has 5 nitrogen and oxygen atoms in total. The summed E-state index contributed by atoms with van der Waals surface area (Å²) in [5.74, 6) is 0.518. The van der Waals surface area contributed by atoms with Gasteiger partial charge in [-0.25, -0.2) is 4.79 Å². The second-order valence-corrected chi connectivity index (χ2v) is 9.03. The first-order chi connectivity index (χ1) is 17.0. The third-order valence-corrected chi connectivity index (χ3v) is 6.88. The maximum atomic E-state index is 11.5. The van der Waals surface area contributed by atoms with Crippen LogP contribution >= 0.6 is 0 Å². The van der Waals surface area contributed by atoms with Crippen LogP contribution in [0.4, 0.5) is 0 Å². The van der Waals surface area contributed by atoms with Crippen LogP contribution in [0.3, 0.4) is 0 Å². The van der Waals surface area contributed by atoms with E-state index in [-0.39, 0.29) is 23.6 Å². The quantitative estimate of drug-likeness (QED) is 0.340. The number of benzene rings is 4. The van der Waals surface area contributed by atoms with Gasteiger partial charge in [-0.2, -0.15) is 0 Å². The second-order valence-electron chi connectivity index (χ2n) is 9.03. The van der Waals surface area contributed by atoms with Crippen molar-refractivity contribution in [3.8, 4) is 11.5 Å². The van der Waals surface area contributed by atoms with Crippen LogP contribution in [0.2, 0.25) is 0 Å². The molecule has 35 heavy (non-hydrogen) atoms. The minimum Gasteiger partial charge on any atom is -0.496 e. The molecule has 4 aromatic rings. The van der Waals surface area contributed by atoms with Gasteiger partial charge in [0.2, 0.25) is 0 Å². The Labute approximate surface area is 205 Å². The number of carboxylic acid groups (broad SMARTS) is 1. The predicted molar refractivity (Wildman–Crippen MR) is 138 cm³/mol. The van der Waals surface area contributed by atoms with Crippen molar-refractivity contribution in [2.24, 2.45) is 0 Å². The minimum absolute atomic E-state index is 0.0393. The van der Waals surface area contributed by atoms with Crippen LogP contribution < -0.4 is 14.8 Å². The number of methoxy groups -OCH3 is 1. The molecule has 1 aliphatic rings. The highest BCUT2D eigenvalue weighted by Gasteiger charge is 2.31. The summed E-state index contributed by atoms with van der Waals surface area (Å²) >= 11 is 0. The molecule has 2 N–H and O–H groups in total. The van der Waals surface area contributed by atoms with Crippen molar-refractivity contribution in [1.29, 1.82) is 0 Å². The third kappa shape index (κ3) is 4.60. The fourth-order valence-electron chi connectivity index (χ4n) is 5.09. The molecule has 0 aliphatic carbocycles. The first-order valence-corrected chi connectivity index (χ1v) is 11.9. The average Bonchev–Trinajstić information content (AvgIpc) is 2.90. The summed E-state index contributed by atoms with van der Waals surface area (Å²) in [6.07, 6.45) is 0.714. The van der Waals surface area contributed by atoms with E-state index in [1.807, 2.05) is 24.3 Å². The SMILES string of the molecule is COc1cc(C(=O)O)ccc1C1CC(CNC(C)c2cccc3ccccc23)Oc2ccccc21. The van der Waals surface area contributed by atoms with Gasteiger partial charge in [-0.3, -0.25) is 0 Å². The van der Waals surface area contributed by atoms with Crippen molar-refractivity contribution in [2.75, 3.05) is 13.7 Å². The summed E-state index contributed by atoms with van der Waals surface area (Å²) in [7, 11) is 1.58. The molecule has 0 bridgehead atoms. The largest absolute Gasteiger partial charge is 0.496 e. The van der Waals surface area contributed by atoms with Gasteiger partial charge < -0.3 is 19.9 Å². The lowest BCUT2D eigenvalue weighted by atomic mass is 9.83. The Kier molecular flexibility index (Phi) is 6.43. The molecule has 4 aromatic carbocycles. The highest BCUT2D eigenvalue weighted by Crippen LogP contribution is 2.43. The molecule has 5 rings (SSSR count). The van der Waals surface area contributed by atoms with Gasteiger partial charge in [0.25, 0.3) is 0 Å². The number of para-hydroxylation sites is 1. The fraction of sp³-hybridized carbons (Fsp3) is 0.233. The lowest BCUT2D eigenvalue weighted by Crippen LogP contribution is -2.37. The lowest BCUT2D eigenvalue weighted by molar-refractivity contribution is 0.0696. The molecular weight excluding hydrogens is 438 g/mol. The first-order valence-electron chi connectivity index (χ1n) is 11.9. The molecular formula is C30H29NO4. The smallest absolute Gasteiger partial charge is 0.335 e. The highest BCUT2D eigenvalue weighted by molar-refractivity contribution is 5.88. The van der Waals surface area contributed by atoms with Gasteiger partial charge in [0, 0.05) is 29.6 Å². The molecule has 0 spiro atoms. The minimum atomic E-state index is -0.966. The maximum absolute atomic E-state index is 11.5. The van der Waals surface area contributed by atoms with Crippen LogP contribution in [-0.2, 0) is 0 Å². The van der Waals surface area contributed by atoms with E-state index in [0.29, 0.717) is 12.3 Å². The van der Waals surface area contributed by atoms with Crippen LogP contribution in [0.15, 0.2) is 84.9 Å². The second kappa shape index (κ2) is 9.80. The molecule has 0 fully saturated rings. The lowest BCUT2D eigenvalue weighted by Gasteiger charge is -2.34. The zero-order valence-corrected chi connectivity index (χ0v) is 19.9. The standard InChI is InChI=1S/C30H29NO4/c1-19(23-12-7-9-20-8-3-4-10-24(20)23)31-18-22-17-27(25-11-5-6-13-28(25)35-22)26-15-14-21(30(32)33)16-29(26)34-2/h3-16,19,22,27,31H,17-18H2,1-2H3,(H,32,33). The van der Waals surface area contributed by atoms with Crippen molar-refractivity contribution < 1.29 is 19.4 Å². The van der Waals surface area contributed by atoms with E-state index in [1.54, 1.807) is 19.2 Å². The highest BCUT2D eigenvalue weighted by atomic mass is 16.5. The Balaban J connectivity index is 1.40. The predicted octanol–water partition coefficient (Wildman–Crippen LogP) is 6.18. The molecule has 1 aliphatic heterocycles. The number of fused-ring (bicyclic) bond motifs is 2. The van der Waals surface area contributed by atoms with Gasteiger partial charge in [-0.1, -0.05) is 66.7 Å². The molecule has 0 saturated carbocycles. The summed E-state index contributed by atoms with van der Waals surface area (Å²) in [6.45, 7) is 2.87. The number of carboxylic acids is 1. The average molecular weight is 468 g/mol. The molecule has 1 heterocycles. The van der Waals surface area contributed by atoms with Crippen LogP contribution in [-0.4, -0.2) is 30.8 Å². The number of rotatable bonds is 7. The van der Waals surface area contributed by atoms with Gasteiger partial charge in [-0.15, -0.1) is 0 Å². The monoisotopic (exact) mass is 467 g/mol. The number of nitrogens with one attached hydrogen (secondary N) is 1. The summed E-state index contributed by atoms with van der Waals surface area (Å²) in [5.41, 5.74) is 3.54. The third-order valence-electron chi connectivity index (χ3n) is 6.88. The normalized spacial score (nSPS) is 17.9. The van der Waals surface area contributed by atoms with Crippen LogP contribution in [0, 0.1) is 0 Å². The molecule has 3 atom stereocenters. The van der Waals surface area contributed by atoms with Gasteiger partial charge in [0.05, 0.1) is 12.7 Å². The van der Waals surface area contributed by atoms with Crippen molar-refractivity contribution in [2.45, 2.75) is 31.4 Å². The van der Waals surface area contributed by atoms with E-state index >= 15 is 0 Å². The molecule has 0 amide bonds. The fourth-order valence-corrected chi connectivity index (χ4v) is 5.09. The summed E-state index contributed by atoms with van der Waals surface area (Å²) in [4.78, 5) is 11.5. The number of hydrogen-bond donors (Lipinski definition) is 2. The van der Waals surface area contributed by atoms with Crippen LogP contribution in [0.25, 0.3) is 10.8 Å². The number of hydrogen-bond acceptors (Lipinski definition) is 4. The topological polar surface area (TPSA) is 67.8 Å². The molecule has 0 aromatic heterocycles. The van der Waals surface area contributed by atoms with Gasteiger partial charge in [0.1, 0.15) is 17.6 Å².